The molecule has 0 fully saturated rings. The average molecular weight is 180 g/mol. The van der Waals surface area contributed by atoms with Crippen LogP contribution in [0.15, 0.2) is 12.4 Å². The maximum absolute atomic E-state index is 10.2. The topological polar surface area (TPSA) is 34.9 Å². The van der Waals surface area contributed by atoms with Crippen molar-refractivity contribution in [2.45, 2.75) is 39.2 Å². The molecule has 0 aliphatic rings. The predicted octanol–water partition coefficient (Wildman–Crippen LogP) is 1.81. The van der Waals surface area contributed by atoms with Crippen LogP contribution in [0.4, 0.5) is 0 Å². The minimum Gasteiger partial charge on any atom is -0.335 e. The van der Waals surface area contributed by atoms with Crippen LogP contribution in [0.25, 0.3) is 0 Å². The lowest BCUT2D eigenvalue weighted by Crippen LogP contribution is -2.03. The van der Waals surface area contributed by atoms with Gasteiger partial charge in [-0.05, 0) is 6.42 Å². The van der Waals surface area contributed by atoms with Crippen LogP contribution in [0.1, 0.15) is 32.0 Å². The molecule has 0 aliphatic heterocycles. The van der Waals surface area contributed by atoms with Crippen molar-refractivity contribution in [1.29, 1.82) is 0 Å². The summed E-state index contributed by atoms with van der Waals surface area (Å²) >= 11 is 0. The normalized spacial score (nSPS) is 10.2. The number of carbonyl (C=O) groups excluding carboxylic acids is 1. The highest BCUT2D eigenvalue weighted by atomic mass is 16.1. The monoisotopic (exact) mass is 180 g/mol. The number of hydrogen-bond donors (Lipinski definition) is 0. The average Bonchev–Trinajstić information content (AvgIpc) is 2.59. The van der Waals surface area contributed by atoms with Crippen molar-refractivity contribution in [1.82, 2.24) is 9.55 Å². The zero-order chi connectivity index (χ0) is 9.52. The van der Waals surface area contributed by atoms with Gasteiger partial charge in [0.05, 0.1) is 0 Å². The standard InChI is InChI=1S/C10H16N2O/c1-2-3-7-12-8-6-11-10(12)5-4-9-13/h6,8-9H,2-5,7H2,1H3. The zero-order valence-electron chi connectivity index (χ0n) is 8.07. The number of unbranched alkanes of at least 4 members (excludes halogenated alkanes) is 1. The van der Waals surface area contributed by atoms with E-state index in [4.69, 9.17) is 0 Å². The number of rotatable bonds is 6. The first-order chi connectivity index (χ1) is 6.38. The van der Waals surface area contributed by atoms with Crippen molar-refractivity contribution in [3.63, 3.8) is 0 Å². The predicted molar refractivity (Wildman–Crippen MR) is 51.5 cm³/mol. The summed E-state index contributed by atoms with van der Waals surface area (Å²) in [5.74, 6) is 1.03. The highest BCUT2D eigenvalue weighted by Crippen LogP contribution is 2.02. The Hall–Kier alpha value is -1.12. The summed E-state index contributed by atoms with van der Waals surface area (Å²) in [7, 11) is 0. The second-order valence-electron chi connectivity index (χ2n) is 3.10. The van der Waals surface area contributed by atoms with E-state index >= 15 is 0 Å². The molecule has 0 radical (unpaired) electrons. The van der Waals surface area contributed by atoms with E-state index in [1.807, 2.05) is 6.20 Å². The summed E-state index contributed by atoms with van der Waals surface area (Å²) in [6, 6.07) is 0. The molecular formula is C10H16N2O. The first-order valence-corrected chi connectivity index (χ1v) is 4.82. The summed E-state index contributed by atoms with van der Waals surface area (Å²) in [4.78, 5) is 14.4. The van der Waals surface area contributed by atoms with Crippen LogP contribution in [-0.4, -0.2) is 15.8 Å². The van der Waals surface area contributed by atoms with Crippen LogP contribution in [0.5, 0.6) is 0 Å². The van der Waals surface area contributed by atoms with E-state index in [-0.39, 0.29) is 0 Å². The minimum atomic E-state index is 0.573. The molecule has 13 heavy (non-hydrogen) atoms. The molecule has 0 bridgehead atoms. The molecule has 3 heteroatoms. The number of aromatic nitrogens is 2. The molecule has 0 spiro atoms. The fourth-order valence-electron chi connectivity index (χ4n) is 1.29. The number of carbonyl (C=O) groups is 1. The molecule has 72 valence electrons. The molecule has 1 aromatic rings. The summed E-state index contributed by atoms with van der Waals surface area (Å²) < 4.78 is 2.13. The highest BCUT2D eigenvalue weighted by molar-refractivity contribution is 5.49. The van der Waals surface area contributed by atoms with E-state index in [2.05, 4.69) is 16.5 Å². The van der Waals surface area contributed by atoms with Crippen molar-refractivity contribution in [3.8, 4) is 0 Å². The number of aryl methyl sites for hydroxylation is 2. The molecule has 3 nitrogen and oxygen atoms in total. The summed E-state index contributed by atoms with van der Waals surface area (Å²) in [6.45, 7) is 3.19. The molecule has 0 aromatic carbocycles. The zero-order valence-corrected chi connectivity index (χ0v) is 8.07. The van der Waals surface area contributed by atoms with E-state index in [9.17, 15) is 4.79 Å². The molecule has 0 aliphatic carbocycles. The van der Waals surface area contributed by atoms with Crippen LogP contribution in [0.2, 0.25) is 0 Å². The van der Waals surface area contributed by atoms with Gasteiger partial charge in [0, 0.05) is 31.8 Å². The molecule has 0 saturated carbocycles. The highest BCUT2D eigenvalue weighted by Gasteiger charge is 2.00. The van der Waals surface area contributed by atoms with Gasteiger partial charge in [-0.2, -0.15) is 0 Å². The molecule has 0 unspecified atom stereocenters. The maximum Gasteiger partial charge on any atom is 0.120 e. The van der Waals surface area contributed by atoms with Gasteiger partial charge in [0.15, 0.2) is 0 Å². The van der Waals surface area contributed by atoms with Gasteiger partial charge < -0.3 is 9.36 Å². The third kappa shape index (κ3) is 3.01. The fourth-order valence-corrected chi connectivity index (χ4v) is 1.29. The Kier molecular flexibility index (Phi) is 4.23. The number of hydrogen-bond acceptors (Lipinski definition) is 2. The van der Waals surface area contributed by atoms with Crippen LogP contribution in [-0.2, 0) is 17.8 Å². The van der Waals surface area contributed by atoms with Crippen LogP contribution in [0, 0.1) is 0 Å². The molecule has 1 rings (SSSR count). The summed E-state index contributed by atoms with van der Waals surface area (Å²) in [5, 5.41) is 0. The molecule has 0 saturated heterocycles. The van der Waals surface area contributed by atoms with E-state index < -0.39 is 0 Å². The Bertz CT molecular complexity index is 255. The van der Waals surface area contributed by atoms with Crippen LogP contribution in [0.3, 0.4) is 0 Å². The molecule has 0 amide bonds. The van der Waals surface area contributed by atoms with Crippen molar-refractivity contribution >= 4 is 6.29 Å². The molecule has 1 heterocycles. The smallest absolute Gasteiger partial charge is 0.120 e. The van der Waals surface area contributed by atoms with Crippen LogP contribution < -0.4 is 0 Å². The molecule has 1 aromatic heterocycles. The second kappa shape index (κ2) is 5.51. The summed E-state index contributed by atoms with van der Waals surface area (Å²) in [5.41, 5.74) is 0. The van der Waals surface area contributed by atoms with Gasteiger partial charge in [0.2, 0.25) is 0 Å². The van der Waals surface area contributed by atoms with E-state index in [0.29, 0.717) is 6.42 Å². The molecule has 0 atom stereocenters. The van der Waals surface area contributed by atoms with Crippen molar-refractivity contribution < 1.29 is 4.79 Å². The first kappa shape index (κ1) is 9.96. The van der Waals surface area contributed by atoms with Gasteiger partial charge >= 0.3 is 0 Å². The Balaban J connectivity index is 2.49. The van der Waals surface area contributed by atoms with E-state index in [0.717, 1.165) is 25.1 Å². The number of nitrogens with zero attached hydrogens (tertiary/aromatic N) is 2. The third-order valence-corrected chi connectivity index (χ3v) is 2.04. The van der Waals surface area contributed by atoms with Gasteiger partial charge in [-0.15, -0.1) is 0 Å². The maximum atomic E-state index is 10.2. The van der Waals surface area contributed by atoms with Gasteiger partial charge in [-0.25, -0.2) is 4.98 Å². The molecular weight excluding hydrogens is 164 g/mol. The minimum absolute atomic E-state index is 0.573. The quantitative estimate of drug-likeness (QED) is 0.626. The SMILES string of the molecule is CCCCn1ccnc1CCC=O. The lowest BCUT2D eigenvalue weighted by molar-refractivity contribution is -0.107. The first-order valence-electron chi connectivity index (χ1n) is 4.82. The fraction of sp³-hybridized carbons (Fsp3) is 0.600. The Labute approximate surface area is 78.8 Å². The van der Waals surface area contributed by atoms with E-state index in [1.54, 1.807) is 6.20 Å². The second-order valence-corrected chi connectivity index (χ2v) is 3.10. The van der Waals surface area contributed by atoms with Gasteiger partial charge in [0.25, 0.3) is 0 Å². The lowest BCUT2D eigenvalue weighted by Gasteiger charge is -2.04. The number of imidazole rings is 1. The Morgan fingerprint density at radius 1 is 1.62 bits per heavy atom. The Morgan fingerprint density at radius 3 is 3.15 bits per heavy atom. The van der Waals surface area contributed by atoms with Crippen LogP contribution >= 0.6 is 0 Å². The van der Waals surface area contributed by atoms with Gasteiger partial charge in [0.1, 0.15) is 12.1 Å². The van der Waals surface area contributed by atoms with Gasteiger partial charge in [-0.3, -0.25) is 0 Å². The van der Waals surface area contributed by atoms with Gasteiger partial charge in [-0.1, -0.05) is 13.3 Å². The Morgan fingerprint density at radius 2 is 2.46 bits per heavy atom. The van der Waals surface area contributed by atoms with Crippen molar-refractivity contribution in [2.75, 3.05) is 0 Å². The van der Waals surface area contributed by atoms with Crippen molar-refractivity contribution in [3.05, 3.63) is 18.2 Å². The van der Waals surface area contributed by atoms with Crippen molar-refractivity contribution in [2.24, 2.45) is 0 Å². The molecule has 0 N–H and O–H groups in total. The van der Waals surface area contributed by atoms with E-state index in [1.165, 1.54) is 12.8 Å². The largest absolute Gasteiger partial charge is 0.335 e. The lowest BCUT2D eigenvalue weighted by atomic mass is 10.3. The number of aldehydes is 1. The third-order valence-electron chi connectivity index (χ3n) is 2.04. The summed E-state index contributed by atoms with van der Waals surface area (Å²) in [6.07, 6.45) is 8.42.